The molecule has 13 rings (SSSR count). The number of aromatic nitrogens is 5. The van der Waals surface area contributed by atoms with Crippen LogP contribution in [0.3, 0.4) is 0 Å². The van der Waals surface area contributed by atoms with Gasteiger partial charge in [-0.1, -0.05) is 133 Å². The number of benzene rings is 7. The number of pyridine rings is 5. The molecule has 0 atom stereocenters. The highest BCUT2D eigenvalue weighted by Crippen LogP contribution is 2.46. The van der Waals surface area contributed by atoms with E-state index in [4.69, 9.17) is 19.4 Å². The van der Waals surface area contributed by atoms with E-state index >= 15 is 0 Å². The number of rotatable bonds is 10. The fraction of sp³-hybridized carbons (Fsp3) is 0. The van der Waals surface area contributed by atoms with E-state index in [1.807, 2.05) is 91.6 Å². The van der Waals surface area contributed by atoms with Crippen molar-refractivity contribution in [3.05, 3.63) is 262 Å². The lowest BCUT2D eigenvalue weighted by Crippen LogP contribution is -1.94. The van der Waals surface area contributed by atoms with E-state index in [1.165, 1.54) is 0 Å². The molecule has 0 spiro atoms. The lowest BCUT2D eigenvalue weighted by Gasteiger charge is -2.19. The fourth-order valence-electron chi connectivity index (χ4n) is 10.2. The molecule has 7 aromatic carbocycles. The van der Waals surface area contributed by atoms with E-state index in [0.29, 0.717) is 0 Å². The van der Waals surface area contributed by atoms with Gasteiger partial charge in [-0.05, 0) is 153 Å². The monoisotopic (exact) mass is 933 g/mol. The minimum atomic E-state index is 0.845. The Morgan fingerprint density at radius 2 is 0.658 bits per heavy atom. The van der Waals surface area contributed by atoms with Crippen LogP contribution in [0.25, 0.3) is 134 Å². The summed E-state index contributed by atoms with van der Waals surface area (Å²) in [5.74, 6) is 0. The average Bonchev–Trinajstić information content (AvgIpc) is 3.87. The molecule has 13 aromatic rings. The molecule has 0 fully saturated rings. The van der Waals surface area contributed by atoms with E-state index < -0.39 is 0 Å². The summed E-state index contributed by atoms with van der Waals surface area (Å²) >= 11 is 0. The van der Waals surface area contributed by atoms with Gasteiger partial charge in [-0.15, -0.1) is 0 Å². The summed E-state index contributed by atoms with van der Waals surface area (Å²) in [6, 6.07) is 80.6. The molecule has 0 amide bonds. The zero-order valence-electron chi connectivity index (χ0n) is 39.5. The minimum absolute atomic E-state index is 0.845. The van der Waals surface area contributed by atoms with Crippen molar-refractivity contribution in [1.82, 2.24) is 24.9 Å². The summed E-state index contributed by atoms with van der Waals surface area (Å²) in [7, 11) is 0. The van der Waals surface area contributed by atoms with E-state index in [9.17, 15) is 0 Å². The van der Waals surface area contributed by atoms with Gasteiger partial charge in [0, 0.05) is 69.6 Å². The Kier molecular flexibility index (Phi) is 11.1. The molecule has 6 nitrogen and oxygen atoms in total. The van der Waals surface area contributed by atoms with Crippen LogP contribution >= 0.6 is 0 Å². The standard InChI is InChI=1S/C67H43N5O/c1-4-19-53(54-32-29-44(60-24-9-12-35-68-60)41-59(54)57-23-15-28-66-67(57)58-22-7-8-27-65(58)73-66)50(16-1)47-38-48(51-17-2-5-20-55(51)63-33-30-45(42-71-63)61-25-10-13-36-69-61)40-49(39-47)52-18-3-6-21-56(52)64-34-31-46(43-72-64)62-26-11-14-37-70-62/h1-43H. The highest BCUT2D eigenvalue weighted by Gasteiger charge is 2.21. The Morgan fingerprint density at radius 1 is 0.233 bits per heavy atom. The van der Waals surface area contributed by atoms with E-state index in [1.54, 1.807) is 0 Å². The minimum Gasteiger partial charge on any atom is -0.456 e. The zero-order valence-corrected chi connectivity index (χ0v) is 39.5. The molecular weight excluding hydrogens is 891 g/mol. The molecule has 0 bridgehead atoms. The van der Waals surface area contributed by atoms with E-state index in [2.05, 4.69) is 180 Å². The summed E-state index contributed by atoms with van der Waals surface area (Å²) in [4.78, 5) is 24.0. The number of fused-ring (bicyclic) bond motifs is 3. The van der Waals surface area contributed by atoms with Gasteiger partial charge < -0.3 is 4.42 Å². The fourth-order valence-corrected chi connectivity index (χ4v) is 10.2. The van der Waals surface area contributed by atoms with Crippen molar-refractivity contribution in [2.45, 2.75) is 0 Å². The molecular formula is C67H43N5O. The molecule has 0 unspecified atom stereocenters. The predicted octanol–water partition coefficient (Wildman–Crippen LogP) is 17.2. The van der Waals surface area contributed by atoms with Gasteiger partial charge in [-0.3, -0.25) is 24.9 Å². The Bertz CT molecular complexity index is 3970. The SMILES string of the molecule is c1ccc(-c2ccc(-c3ccccc3-c3cc(-c4ccccc4-c4ccc(-c5ccccn5)cn4)cc(-c4ccccc4-c4ccc(-c5ccccn5)cc4-c4cccc5oc6ccccc6c45)c3)nc2)nc1. The Labute approximate surface area is 422 Å². The lowest BCUT2D eigenvalue weighted by atomic mass is 9.84. The topological polar surface area (TPSA) is 77.6 Å². The summed E-state index contributed by atoms with van der Waals surface area (Å²) in [6.07, 6.45) is 9.31. The third kappa shape index (κ3) is 8.23. The molecule has 0 N–H and O–H groups in total. The summed E-state index contributed by atoms with van der Waals surface area (Å²) in [5, 5.41) is 2.16. The third-order valence-electron chi connectivity index (χ3n) is 13.6. The molecule has 6 aromatic heterocycles. The number of para-hydroxylation sites is 1. The maximum Gasteiger partial charge on any atom is 0.136 e. The molecule has 0 aliphatic heterocycles. The van der Waals surface area contributed by atoms with Crippen LogP contribution in [0.5, 0.6) is 0 Å². The maximum absolute atomic E-state index is 6.49. The molecule has 0 aliphatic carbocycles. The first-order valence-corrected chi connectivity index (χ1v) is 24.4. The highest BCUT2D eigenvalue weighted by atomic mass is 16.3. The van der Waals surface area contributed by atoms with Crippen LogP contribution in [0.4, 0.5) is 0 Å². The molecule has 6 heteroatoms. The number of furan rings is 1. The molecule has 0 saturated heterocycles. The highest BCUT2D eigenvalue weighted by molar-refractivity contribution is 6.14. The maximum atomic E-state index is 6.49. The van der Waals surface area contributed by atoms with Crippen LogP contribution in [-0.4, -0.2) is 24.9 Å². The van der Waals surface area contributed by atoms with Crippen molar-refractivity contribution in [3.63, 3.8) is 0 Å². The second kappa shape index (κ2) is 18.8. The van der Waals surface area contributed by atoms with Gasteiger partial charge >= 0.3 is 0 Å². The second-order valence-corrected chi connectivity index (χ2v) is 18.0. The van der Waals surface area contributed by atoms with Crippen LogP contribution in [-0.2, 0) is 0 Å². The molecule has 0 saturated carbocycles. The van der Waals surface area contributed by atoms with Gasteiger partial charge in [0.1, 0.15) is 11.2 Å². The smallest absolute Gasteiger partial charge is 0.136 e. The first kappa shape index (κ1) is 43.1. The molecule has 0 radical (unpaired) electrons. The van der Waals surface area contributed by atoms with Crippen molar-refractivity contribution >= 4 is 21.9 Å². The molecule has 6 heterocycles. The number of hydrogen-bond acceptors (Lipinski definition) is 6. The lowest BCUT2D eigenvalue weighted by molar-refractivity contribution is 0.669. The summed E-state index contributed by atoms with van der Waals surface area (Å²) < 4.78 is 6.49. The van der Waals surface area contributed by atoms with Crippen LogP contribution in [0.1, 0.15) is 0 Å². The molecule has 73 heavy (non-hydrogen) atoms. The quantitative estimate of drug-likeness (QED) is 0.136. The van der Waals surface area contributed by atoms with Gasteiger partial charge in [-0.2, -0.15) is 0 Å². The van der Waals surface area contributed by atoms with Gasteiger partial charge in [0.2, 0.25) is 0 Å². The summed E-state index contributed by atoms with van der Waals surface area (Å²) in [6.45, 7) is 0. The molecule has 342 valence electrons. The second-order valence-electron chi connectivity index (χ2n) is 18.0. The normalized spacial score (nSPS) is 11.3. The van der Waals surface area contributed by atoms with Crippen LogP contribution < -0.4 is 0 Å². The Balaban J connectivity index is 1.02. The average molecular weight is 934 g/mol. The molecule has 0 aliphatic rings. The van der Waals surface area contributed by atoms with Gasteiger partial charge in [0.05, 0.1) is 28.5 Å². The largest absolute Gasteiger partial charge is 0.456 e. The van der Waals surface area contributed by atoms with Crippen molar-refractivity contribution in [3.8, 4) is 112 Å². The Morgan fingerprint density at radius 3 is 1.18 bits per heavy atom. The number of hydrogen-bond donors (Lipinski definition) is 0. The number of nitrogens with zero attached hydrogens (tertiary/aromatic N) is 5. The van der Waals surface area contributed by atoms with E-state index in [-0.39, 0.29) is 0 Å². The van der Waals surface area contributed by atoms with Crippen LogP contribution in [0.15, 0.2) is 266 Å². The first-order valence-electron chi connectivity index (χ1n) is 24.4. The van der Waals surface area contributed by atoms with Gasteiger partial charge in [0.25, 0.3) is 0 Å². The van der Waals surface area contributed by atoms with Gasteiger partial charge in [-0.25, -0.2) is 0 Å². The Hall–Kier alpha value is -9.91. The van der Waals surface area contributed by atoms with Crippen LogP contribution in [0, 0.1) is 0 Å². The van der Waals surface area contributed by atoms with Crippen molar-refractivity contribution < 1.29 is 4.42 Å². The van der Waals surface area contributed by atoms with E-state index in [0.717, 1.165) is 134 Å². The van der Waals surface area contributed by atoms with Crippen LogP contribution in [0.2, 0.25) is 0 Å². The summed E-state index contributed by atoms with van der Waals surface area (Å²) in [5.41, 5.74) is 21.9. The van der Waals surface area contributed by atoms with Crippen molar-refractivity contribution in [1.29, 1.82) is 0 Å². The van der Waals surface area contributed by atoms with Crippen molar-refractivity contribution in [2.75, 3.05) is 0 Å². The predicted molar refractivity (Wildman–Crippen MR) is 297 cm³/mol. The van der Waals surface area contributed by atoms with Crippen molar-refractivity contribution in [2.24, 2.45) is 0 Å². The zero-order chi connectivity index (χ0) is 48.5. The third-order valence-corrected chi connectivity index (χ3v) is 13.6. The van der Waals surface area contributed by atoms with Gasteiger partial charge in [0.15, 0.2) is 0 Å². The first-order chi connectivity index (χ1) is 36.2.